The summed E-state index contributed by atoms with van der Waals surface area (Å²) in [5.41, 5.74) is 2.45. The number of ether oxygens (including phenoxy) is 1. The van der Waals surface area contributed by atoms with Crippen LogP contribution in [0.5, 0.6) is 5.75 Å². The summed E-state index contributed by atoms with van der Waals surface area (Å²) in [5.74, 6) is -0.0883. The molecular weight excluding hydrogens is 218 g/mol. The topological polar surface area (TPSA) is 58.6 Å². The number of methoxy groups -OCH3 is 1. The molecule has 0 aromatic heterocycles. The first-order valence-corrected chi connectivity index (χ1v) is 5.53. The third kappa shape index (κ3) is 2.47. The number of hydrogen-bond acceptors (Lipinski definition) is 4. The quantitative estimate of drug-likeness (QED) is 0.756. The van der Waals surface area contributed by atoms with Crippen molar-refractivity contribution in [1.29, 1.82) is 0 Å². The van der Waals surface area contributed by atoms with Gasteiger partial charge in [0.1, 0.15) is 5.75 Å². The van der Waals surface area contributed by atoms with Crippen molar-refractivity contribution in [2.24, 2.45) is 0 Å². The normalized spacial score (nSPS) is 15.8. The predicted molar refractivity (Wildman–Crippen MR) is 64.5 cm³/mol. The van der Waals surface area contributed by atoms with Crippen LogP contribution < -0.4 is 5.32 Å². The van der Waals surface area contributed by atoms with E-state index in [0.717, 1.165) is 17.7 Å². The minimum absolute atomic E-state index is 0.199. The second kappa shape index (κ2) is 5.01. The molecule has 0 radical (unpaired) electrons. The second-order valence-electron chi connectivity index (χ2n) is 3.93. The van der Waals surface area contributed by atoms with E-state index in [0.29, 0.717) is 18.5 Å². The highest BCUT2D eigenvalue weighted by atomic mass is 16.5. The van der Waals surface area contributed by atoms with Crippen LogP contribution >= 0.6 is 0 Å². The first-order valence-electron chi connectivity index (χ1n) is 5.53. The number of hydrogen-bond donors (Lipinski definition) is 2. The van der Waals surface area contributed by atoms with E-state index in [4.69, 9.17) is 4.74 Å². The lowest BCUT2D eigenvalue weighted by Gasteiger charge is -2.20. The molecule has 1 aromatic carbocycles. The lowest BCUT2D eigenvalue weighted by molar-refractivity contribution is -0.136. The predicted octanol–water partition coefficient (Wildman–Crippen LogP) is 1.31. The fourth-order valence-electron chi connectivity index (χ4n) is 2.00. The molecule has 1 heterocycles. The highest BCUT2D eigenvalue weighted by molar-refractivity contribution is 5.98. The Bertz CT molecular complexity index is 465. The summed E-state index contributed by atoms with van der Waals surface area (Å²) in [5, 5.41) is 12.7. The van der Waals surface area contributed by atoms with Gasteiger partial charge in [-0.15, -0.1) is 0 Å². The van der Waals surface area contributed by atoms with Gasteiger partial charge < -0.3 is 15.2 Å². The van der Waals surface area contributed by atoms with Crippen LogP contribution in [0.15, 0.2) is 29.8 Å². The molecule has 2 rings (SSSR count). The molecule has 1 aromatic rings. The van der Waals surface area contributed by atoms with Gasteiger partial charge in [-0.1, -0.05) is 12.1 Å². The van der Waals surface area contributed by atoms with Gasteiger partial charge in [-0.25, -0.2) is 4.79 Å². The maximum Gasteiger partial charge on any atom is 0.334 e. The summed E-state index contributed by atoms with van der Waals surface area (Å²) < 4.78 is 4.78. The Labute approximate surface area is 99.9 Å². The molecule has 2 N–H and O–H groups in total. The molecular formula is C13H15NO3. The lowest BCUT2D eigenvalue weighted by Crippen LogP contribution is -2.27. The molecule has 0 saturated heterocycles. The number of esters is 1. The van der Waals surface area contributed by atoms with Gasteiger partial charge in [0.15, 0.2) is 0 Å². The van der Waals surface area contributed by atoms with E-state index in [1.54, 1.807) is 18.2 Å². The van der Waals surface area contributed by atoms with Gasteiger partial charge >= 0.3 is 5.97 Å². The zero-order chi connectivity index (χ0) is 12.3. The van der Waals surface area contributed by atoms with E-state index in [2.05, 4.69) is 5.32 Å². The van der Waals surface area contributed by atoms with E-state index in [9.17, 15) is 9.90 Å². The number of phenols is 1. The fraction of sp³-hybridized carbons (Fsp3) is 0.308. The van der Waals surface area contributed by atoms with Gasteiger partial charge in [0.2, 0.25) is 0 Å². The van der Waals surface area contributed by atoms with Crippen molar-refractivity contribution in [1.82, 2.24) is 5.32 Å². The summed E-state index contributed by atoms with van der Waals surface area (Å²) in [4.78, 5) is 11.7. The maximum atomic E-state index is 11.7. The van der Waals surface area contributed by atoms with E-state index >= 15 is 0 Å². The SMILES string of the molecule is COC(=O)C1=C(c2cccc(O)c2)CNCC1. The number of rotatable bonds is 2. The second-order valence-corrected chi connectivity index (χ2v) is 3.93. The van der Waals surface area contributed by atoms with E-state index in [-0.39, 0.29) is 11.7 Å². The first-order chi connectivity index (χ1) is 8.22. The molecule has 4 heteroatoms. The summed E-state index contributed by atoms with van der Waals surface area (Å²) in [6.07, 6.45) is 0.650. The first kappa shape index (κ1) is 11.7. The Hall–Kier alpha value is -1.81. The average molecular weight is 233 g/mol. The van der Waals surface area contributed by atoms with Crippen LogP contribution in [0.25, 0.3) is 5.57 Å². The number of carbonyl (C=O) groups excluding carboxylic acids is 1. The number of benzene rings is 1. The summed E-state index contributed by atoms with van der Waals surface area (Å²) >= 11 is 0. The van der Waals surface area contributed by atoms with Crippen LogP contribution in [0.2, 0.25) is 0 Å². The van der Waals surface area contributed by atoms with Crippen molar-refractivity contribution in [3.8, 4) is 5.75 Å². The van der Waals surface area contributed by atoms with Crippen molar-refractivity contribution in [3.63, 3.8) is 0 Å². The number of phenolic OH excluding ortho intramolecular Hbond substituents is 1. The zero-order valence-corrected chi connectivity index (χ0v) is 9.69. The van der Waals surface area contributed by atoms with Crippen LogP contribution in [-0.4, -0.2) is 31.3 Å². The summed E-state index contributed by atoms with van der Waals surface area (Å²) in [6.45, 7) is 1.39. The minimum Gasteiger partial charge on any atom is -0.508 e. The fourth-order valence-corrected chi connectivity index (χ4v) is 2.00. The standard InChI is InChI=1S/C13H15NO3/c1-17-13(16)11-5-6-14-8-12(11)9-3-2-4-10(15)7-9/h2-4,7,14-15H,5-6,8H2,1H3. The molecule has 1 aliphatic heterocycles. The zero-order valence-electron chi connectivity index (χ0n) is 9.69. The monoisotopic (exact) mass is 233 g/mol. The lowest BCUT2D eigenvalue weighted by atomic mass is 9.95. The molecule has 0 saturated carbocycles. The summed E-state index contributed by atoms with van der Waals surface area (Å²) in [7, 11) is 1.39. The molecule has 0 atom stereocenters. The van der Waals surface area contributed by atoms with E-state index < -0.39 is 0 Å². The maximum absolute atomic E-state index is 11.7. The summed E-state index contributed by atoms with van der Waals surface area (Å²) in [6, 6.07) is 6.91. The molecule has 0 aliphatic carbocycles. The van der Waals surface area contributed by atoms with Crippen molar-refractivity contribution in [3.05, 3.63) is 35.4 Å². The Kier molecular flexibility index (Phi) is 3.44. The molecule has 0 unspecified atom stereocenters. The van der Waals surface area contributed by atoms with Gasteiger partial charge in [-0.05, 0) is 36.2 Å². The average Bonchev–Trinajstić information content (AvgIpc) is 2.38. The van der Waals surface area contributed by atoms with Crippen LogP contribution in [0.4, 0.5) is 0 Å². The smallest absolute Gasteiger partial charge is 0.334 e. The van der Waals surface area contributed by atoms with Crippen molar-refractivity contribution >= 4 is 11.5 Å². The van der Waals surface area contributed by atoms with Crippen molar-refractivity contribution in [2.45, 2.75) is 6.42 Å². The number of nitrogens with one attached hydrogen (secondary N) is 1. The molecule has 17 heavy (non-hydrogen) atoms. The van der Waals surface area contributed by atoms with Crippen LogP contribution in [-0.2, 0) is 9.53 Å². The number of carbonyl (C=O) groups is 1. The van der Waals surface area contributed by atoms with E-state index in [1.165, 1.54) is 7.11 Å². The Morgan fingerprint density at radius 2 is 2.29 bits per heavy atom. The molecule has 4 nitrogen and oxygen atoms in total. The third-order valence-electron chi connectivity index (χ3n) is 2.84. The highest BCUT2D eigenvalue weighted by Gasteiger charge is 2.20. The minimum atomic E-state index is -0.287. The Morgan fingerprint density at radius 1 is 1.47 bits per heavy atom. The number of aromatic hydroxyl groups is 1. The molecule has 0 amide bonds. The van der Waals surface area contributed by atoms with Crippen LogP contribution in [0.3, 0.4) is 0 Å². The Morgan fingerprint density at radius 3 is 3.00 bits per heavy atom. The van der Waals surface area contributed by atoms with Gasteiger partial charge in [-0.3, -0.25) is 0 Å². The van der Waals surface area contributed by atoms with Gasteiger partial charge in [0.05, 0.1) is 7.11 Å². The molecule has 90 valence electrons. The molecule has 0 fully saturated rings. The van der Waals surface area contributed by atoms with Crippen molar-refractivity contribution in [2.75, 3.05) is 20.2 Å². The van der Waals surface area contributed by atoms with Gasteiger partial charge in [0, 0.05) is 12.1 Å². The van der Waals surface area contributed by atoms with Gasteiger partial charge in [-0.2, -0.15) is 0 Å². The Balaban J connectivity index is 2.45. The molecule has 1 aliphatic rings. The largest absolute Gasteiger partial charge is 0.508 e. The van der Waals surface area contributed by atoms with Crippen LogP contribution in [0, 0.1) is 0 Å². The van der Waals surface area contributed by atoms with Crippen molar-refractivity contribution < 1.29 is 14.6 Å². The highest BCUT2D eigenvalue weighted by Crippen LogP contribution is 2.26. The van der Waals surface area contributed by atoms with Crippen LogP contribution in [0.1, 0.15) is 12.0 Å². The third-order valence-corrected chi connectivity index (χ3v) is 2.84. The van der Waals surface area contributed by atoms with Gasteiger partial charge in [0.25, 0.3) is 0 Å². The molecule has 0 spiro atoms. The molecule has 0 bridgehead atoms. The van der Waals surface area contributed by atoms with E-state index in [1.807, 2.05) is 6.07 Å².